The molecule has 5 N–H and O–H groups in total. The second-order valence-electron chi connectivity index (χ2n) is 1.93. The highest BCUT2D eigenvalue weighted by molar-refractivity contribution is 5.85. The summed E-state index contributed by atoms with van der Waals surface area (Å²) in [7, 11) is 0. The van der Waals surface area contributed by atoms with Crippen LogP contribution in [0.1, 0.15) is 6.92 Å². The van der Waals surface area contributed by atoms with Crippen LogP contribution in [0.15, 0.2) is 0 Å². The van der Waals surface area contributed by atoms with Crippen molar-refractivity contribution in [2.24, 2.45) is 11.5 Å². The van der Waals surface area contributed by atoms with E-state index >= 15 is 0 Å². The lowest BCUT2D eigenvalue weighted by atomic mass is 10.1. The number of hydrogen-bond acceptors (Lipinski definition) is 3. The minimum absolute atomic E-state index is 0. The van der Waals surface area contributed by atoms with Crippen LogP contribution >= 0.6 is 12.4 Å². The molecule has 9 heavy (non-hydrogen) atoms. The molecular weight excluding hydrogens is 144 g/mol. The van der Waals surface area contributed by atoms with Crippen molar-refractivity contribution in [3.63, 3.8) is 0 Å². The van der Waals surface area contributed by atoms with E-state index in [2.05, 4.69) is 0 Å². The molecule has 0 amide bonds. The van der Waals surface area contributed by atoms with E-state index in [9.17, 15) is 4.79 Å². The highest BCUT2D eigenvalue weighted by Gasteiger charge is 2.24. The van der Waals surface area contributed by atoms with E-state index in [0.29, 0.717) is 0 Å². The maximum atomic E-state index is 10.0. The van der Waals surface area contributed by atoms with Gasteiger partial charge in [0.25, 0.3) is 0 Å². The zero-order chi connectivity index (χ0) is 6.78. The second-order valence-corrected chi connectivity index (χ2v) is 1.93. The van der Waals surface area contributed by atoms with Gasteiger partial charge in [-0.15, -0.1) is 12.4 Å². The first-order chi connectivity index (χ1) is 3.50. The Morgan fingerprint density at radius 2 is 2.11 bits per heavy atom. The van der Waals surface area contributed by atoms with Crippen LogP contribution in [0.4, 0.5) is 0 Å². The Morgan fingerprint density at radius 3 is 2.11 bits per heavy atom. The zero-order valence-corrected chi connectivity index (χ0v) is 5.94. The van der Waals surface area contributed by atoms with Gasteiger partial charge in [0.15, 0.2) is 0 Å². The number of carboxylic acid groups (broad SMARTS) is 1. The van der Waals surface area contributed by atoms with Crippen molar-refractivity contribution in [2.45, 2.75) is 12.5 Å². The Balaban J connectivity index is 0. The fraction of sp³-hybridized carbons (Fsp3) is 0.750. The van der Waals surface area contributed by atoms with E-state index in [1.165, 1.54) is 6.92 Å². The molecule has 0 aliphatic heterocycles. The van der Waals surface area contributed by atoms with Gasteiger partial charge in [0.05, 0.1) is 0 Å². The third kappa shape index (κ3) is 3.29. The highest BCUT2D eigenvalue weighted by atomic mass is 35.5. The van der Waals surface area contributed by atoms with E-state index in [1.807, 2.05) is 0 Å². The van der Waals surface area contributed by atoms with Crippen LogP contribution in [0, 0.1) is 0 Å². The summed E-state index contributed by atoms with van der Waals surface area (Å²) in [6.45, 7) is 1.33. The molecule has 4 nitrogen and oxygen atoms in total. The van der Waals surface area contributed by atoms with Crippen molar-refractivity contribution in [3.05, 3.63) is 0 Å². The molecular formula is C4H11ClN2O2. The van der Waals surface area contributed by atoms with E-state index < -0.39 is 11.5 Å². The Bertz CT molecular complexity index is 105. The first kappa shape index (κ1) is 11.5. The molecule has 0 saturated heterocycles. The number of halogens is 1. The number of hydrogen-bond donors (Lipinski definition) is 3. The van der Waals surface area contributed by atoms with Gasteiger partial charge in [0.2, 0.25) is 0 Å². The molecule has 0 aromatic carbocycles. The van der Waals surface area contributed by atoms with Crippen LogP contribution in [0.25, 0.3) is 0 Å². The normalized spacial score (nSPS) is 15.4. The van der Waals surface area contributed by atoms with Crippen LogP contribution in [0.3, 0.4) is 0 Å². The minimum Gasteiger partial charge on any atom is -0.480 e. The van der Waals surface area contributed by atoms with Gasteiger partial charge in [0, 0.05) is 6.54 Å². The molecule has 0 aliphatic rings. The molecule has 0 aromatic heterocycles. The Morgan fingerprint density at radius 1 is 1.78 bits per heavy atom. The van der Waals surface area contributed by atoms with Crippen molar-refractivity contribution >= 4 is 18.4 Å². The average Bonchev–Trinajstić information content (AvgIpc) is 1.67. The predicted molar refractivity (Wildman–Crippen MR) is 36.5 cm³/mol. The summed E-state index contributed by atoms with van der Waals surface area (Å²) in [5, 5.41) is 8.24. The van der Waals surface area contributed by atoms with Crippen molar-refractivity contribution in [1.82, 2.24) is 0 Å². The number of carbonyl (C=O) groups is 1. The summed E-state index contributed by atoms with van der Waals surface area (Å²) in [4.78, 5) is 10.0. The molecule has 5 heteroatoms. The third-order valence-electron chi connectivity index (χ3n) is 0.913. The smallest absolute Gasteiger partial charge is 0.324 e. The largest absolute Gasteiger partial charge is 0.480 e. The van der Waals surface area contributed by atoms with E-state index in [4.69, 9.17) is 16.6 Å². The lowest BCUT2D eigenvalue weighted by Gasteiger charge is -2.14. The fourth-order valence-electron chi connectivity index (χ4n) is 0.0873. The summed E-state index contributed by atoms with van der Waals surface area (Å²) in [6.07, 6.45) is 0. The molecule has 0 radical (unpaired) electrons. The van der Waals surface area contributed by atoms with Crippen LogP contribution in [0.5, 0.6) is 0 Å². The van der Waals surface area contributed by atoms with Crippen LogP contribution < -0.4 is 11.5 Å². The second kappa shape index (κ2) is 3.66. The van der Waals surface area contributed by atoms with Gasteiger partial charge in [-0.2, -0.15) is 0 Å². The van der Waals surface area contributed by atoms with E-state index in [-0.39, 0.29) is 19.0 Å². The summed E-state index contributed by atoms with van der Waals surface area (Å²) in [5.74, 6) is -1.07. The summed E-state index contributed by atoms with van der Waals surface area (Å²) in [6, 6.07) is 0. The molecule has 1 atom stereocenters. The van der Waals surface area contributed by atoms with E-state index in [0.717, 1.165) is 0 Å². The first-order valence-corrected chi connectivity index (χ1v) is 2.23. The average molecular weight is 155 g/mol. The van der Waals surface area contributed by atoms with Crippen molar-refractivity contribution < 1.29 is 9.90 Å². The molecule has 0 rings (SSSR count). The fourth-order valence-corrected chi connectivity index (χ4v) is 0.0873. The van der Waals surface area contributed by atoms with Crippen molar-refractivity contribution in [2.75, 3.05) is 6.54 Å². The highest BCUT2D eigenvalue weighted by Crippen LogP contribution is 1.92. The lowest BCUT2D eigenvalue weighted by molar-refractivity contribution is -0.142. The summed E-state index contributed by atoms with van der Waals surface area (Å²) >= 11 is 0. The van der Waals surface area contributed by atoms with Crippen molar-refractivity contribution in [1.29, 1.82) is 0 Å². The summed E-state index contributed by atoms with van der Waals surface area (Å²) < 4.78 is 0. The number of carboxylic acids is 1. The van der Waals surface area contributed by atoms with Crippen LogP contribution in [-0.2, 0) is 4.79 Å². The van der Waals surface area contributed by atoms with Gasteiger partial charge < -0.3 is 16.6 Å². The van der Waals surface area contributed by atoms with E-state index in [1.54, 1.807) is 0 Å². The molecule has 0 spiro atoms. The molecule has 0 unspecified atom stereocenters. The number of aliphatic carboxylic acids is 1. The molecule has 0 aromatic rings. The van der Waals surface area contributed by atoms with Gasteiger partial charge in [-0.1, -0.05) is 0 Å². The van der Waals surface area contributed by atoms with Gasteiger partial charge in [0.1, 0.15) is 5.54 Å². The quantitative estimate of drug-likeness (QED) is 0.484. The third-order valence-corrected chi connectivity index (χ3v) is 0.913. The van der Waals surface area contributed by atoms with Gasteiger partial charge in [-0.3, -0.25) is 4.79 Å². The maximum absolute atomic E-state index is 10.0. The molecule has 0 fully saturated rings. The SMILES string of the molecule is C[C@@](N)(CN)C(=O)O.Cl. The molecule has 56 valence electrons. The van der Waals surface area contributed by atoms with Crippen molar-refractivity contribution in [3.8, 4) is 0 Å². The molecule has 0 bridgehead atoms. The monoisotopic (exact) mass is 154 g/mol. The van der Waals surface area contributed by atoms with Gasteiger partial charge >= 0.3 is 5.97 Å². The summed E-state index contributed by atoms with van der Waals surface area (Å²) in [5.41, 5.74) is 8.87. The number of nitrogens with two attached hydrogens (primary N) is 2. The molecule has 0 aliphatic carbocycles. The van der Waals surface area contributed by atoms with Crippen LogP contribution in [-0.4, -0.2) is 23.2 Å². The van der Waals surface area contributed by atoms with Crippen LogP contribution in [0.2, 0.25) is 0 Å². The Kier molecular flexibility index (Phi) is 4.66. The van der Waals surface area contributed by atoms with Gasteiger partial charge in [-0.25, -0.2) is 0 Å². The van der Waals surface area contributed by atoms with Gasteiger partial charge in [-0.05, 0) is 6.92 Å². The standard InChI is InChI=1S/C4H10N2O2.ClH/c1-4(6,2-5)3(7)8;/h2,5-6H2,1H3,(H,7,8);1H/t4-;/m1./s1. The molecule has 0 saturated carbocycles. The lowest BCUT2D eigenvalue weighted by Crippen LogP contribution is -2.51. The maximum Gasteiger partial charge on any atom is 0.324 e. The number of rotatable bonds is 2. The Hall–Kier alpha value is -0.320. The topological polar surface area (TPSA) is 89.3 Å². The molecule has 0 heterocycles. The zero-order valence-electron chi connectivity index (χ0n) is 5.13. The Labute approximate surface area is 59.6 Å². The first-order valence-electron chi connectivity index (χ1n) is 2.23. The predicted octanol–water partition coefficient (Wildman–Crippen LogP) is -0.831. The minimum atomic E-state index is -1.26.